The number of ether oxygens (including phenoxy) is 2. The van der Waals surface area contributed by atoms with Gasteiger partial charge in [-0.15, -0.1) is 0 Å². The average molecular weight is 232 g/mol. The van der Waals surface area contributed by atoms with Gasteiger partial charge in [-0.2, -0.15) is 5.48 Å². The predicted octanol–water partition coefficient (Wildman–Crippen LogP) is 2.01. The van der Waals surface area contributed by atoms with E-state index in [9.17, 15) is 0 Å². The molecule has 84 valence electrons. The van der Waals surface area contributed by atoms with Crippen LogP contribution in [0.3, 0.4) is 0 Å². The van der Waals surface area contributed by atoms with E-state index in [1.54, 1.807) is 33.5 Å². The van der Waals surface area contributed by atoms with Crippen LogP contribution in [0.1, 0.15) is 5.56 Å². The summed E-state index contributed by atoms with van der Waals surface area (Å²) in [6, 6.07) is 3.52. The molecule has 5 heteroatoms. The van der Waals surface area contributed by atoms with Crippen LogP contribution in [0, 0.1) is 0 Å². The second kappa shape index (κ2) is 5.80. The summed E-state index contributed by atoms with van der Waals surface area (Å²) in [5.74, 6) is 1.27. The summed E-state index contributed by atoms with van der Waals surface area (Å²) in [5, 5.41) is 0.609. The van der Waals surface area contributed by atoms with Gasteiger partial charge < -0.3 is 14.3 Å². The van der Waals surface area contributed by atoms with Crippen LogP contribution in [-0.4, -0.2) is 21.3 Å². The fourth-order valence-electron chi connectivity index (χ4n) is 1.28. The molecule has 0 radical (unpaired) electrons. The highest BCUT2D eigenvalue weighted by atomic mass is 35.5. The summed E-state index contributed by atoms with van der Waals surface area (Å²) >= 11 is 6.04. The van der Waals surface area contributed by atoms with Gasteiger partial charge in [0.25, 0.3) is 0 Å². The molecular formula is C10H14ClNO3. The third-order valence-corrected chi connectivity index (χ3v) is 2.34. The SMILES string of the molecule is CONCc1c(Cl)ccc(OC)c1OC. The van der Waals surface area contributed by atoms with Crippen LogP contribution in [0.5, 0.6) is 11.5 Å². The summed E-state index contributed by atoms with van der Waals surface area (Å²) in [6.07, 6.45) is 0. The van der Waals surface area contributed by atoms with Gasteiger partial charge in [-0.3, -0.25) is 0 Å². The van der Waals surface area contributed by atoms with Crippen molar-refractivity contribution >= 4 is 11.6 Å². The van der Waals surface area contributed by atoms with Gasteiger partial charge in [-0.05, 0) is 12.1 Å². The topological polar surface area (TPSA) is 39.7 Å². The molecule has 1 N–H and O–H groups in total. The molecule has 1 aromatic rings. The number of nitrogens with one attached hydrogen (secondary N) is 1. The van der Waals surface area contributed by atoms with Crippen molar-refractivity contribution in [2.24, 2.45) is 0 Å². The van der Waals surface area contributed by atoms with Crippen molar-refractivity contribution in [3.63, 3.8) is 0 Å². The maximum Gasteiger partial charge on any atom is 0.166 e. The lowest BCUT2D eigenvalue weighted by molar-refractivity contribution is 0.0860. The third kappa shape index (κ3) is 2.75. The highest BCUT2D eigenvalue weighted by Crippen LogP contribution is 2.35. The number of hydrogen-bond acceptors (Lipinski definition) is 4. The zero-order valence-electron chi connectivity index (χ0n) is 8.96. The van der Waals surface area contributed by atoms with Crippen molar-refractivity contribution in [3.05, 3.63) is 22.7 Å². The molecule has 0 aliphatic heterocycles. The van der Waals surface area contributed by atoms with Crippen molar-refractivity contribution in [2.45, 2.75) is 6.54 Å². The van der Waals surface area contributed by atoms with E-state index in [1.165, 1.54) is 0 Å². The molecule has 0 aromatic heterocycles. The smallest absolute Gasteiger partial charge is 0.166 e. The fourth-order valence-corrected chi connectivity index (χ4v) is 1.49. The Morgan fingerprint density at radius 3 is 2.47 bits per heavy atom. The second-order valence-corrected chi connectivity index (χ2v) is 3.19. The van der Waals surface area contributed by atoms with Crippen LogP contribution in [-0.2, 0) is 11.4 Å². The summed E-state index contributed by atoms with van der Waals surface area (Å²) < 4.78 is 10.4. The molecule has 0 amide bonds. The van der Waals surface area contributed by atoms with Crippen LogP contribution in [0.25, 0.3) is 0 Å². The first kappa shape index (κ1) is 12.1. The fraction of sp³-hybridized carbons (Fsp3) is 0.400. The van der Waals surface area contributed by atoms with Gasteiger partial charge in [0.15, 0.2) is 11.5 Å². The van der Waals surface area contributed by atoms with Crippen LogP contribution in [0.15, 0.2) is 12.1 Å². The summed E-state index contributed by atoms with van der Waals surface area (Å²) in [7, 11) is 4.70. The zero-order chi connectivity index (χ0) is 11.3. The molecule has 1 rings (SSSR count). The van der Waals surface area contributed by atoms with Crippen molar-refractivity contribution in [1.29, 1.82) is 0 Å². The number of methoxy groups -OCH3 is 2. The lowest BCUT2D eigenvalue weighted by atomic mass is 10.2. The van der Waals surface area contributed by atoms with E-state index in [-0.39, 0.29) is 0 Å². The quantitative estimate of drug-likeness (QED) is 0.787. The van der Waals surface area contributed by atoms with Gasteiger partial charge in [-0.1, -0.05) is 11.6 Å². The van der Waals surface area contributed by atoms with Gasteiger partial charge in [0.1, 0.15) is 0 Å². The summed E-state index contributed by atoms with van der Waals surface area (Å²) in [5.41, 5.74) is 3.52. The number of halogens is 1. The van der Waals surface area contributed by atoms with Crippen LogP contribution < -0.4 is 15.0 Å². The molecule has 0 aliphatic rings. The highest BCUT2D eigenvalue weighted by molar-refractivity contribution is 6.31. The molecule has 0 atom stereocenters. The Kier molecular flexibility index (Phi) is 4.68. The average Bonchev–Trinajstić information content (AvgIpc) is 2.27. The Bertz CT molecular complexity index is 331. The Labute approximate surface area is 94.0 Å². The van der Waals surface area contributed by atoms with Gasteiger partial charge >= 0.3 is 0 Å². The molecule has 0 fully saturated rings. The second-order valence-electron chi connectivity index (χ2n) is 2.79. The lowest BCUT2D eigenvalue weighted by Gasteiger charge is -2.14. The van der Waals surface area contributed by atoms with Crippen LogP contribution in [0.2, 0.25) is 5.02 Å². The number of hydrogen-bond donors (Lipinski definition) is 1. The molecule has 0 spiro atoms. The van der Waals surface area contributed by atoms with Gasteiger partial charge in [-0.25, -0.2) is 0 Å². The molecule has 0 heterocycles. The van der Waals surface area contributed by atoms with Gasteiger partial charge in [0.05, 0.1) is 27.9 Å². The first-order chi connectivity index (χ1) is 7.24. The molecule has 0 saturated carbocycles. The summed E-state index contributed by atoms with van der Waals surface area (Å²) in [4.78, 5) is 4.77. The molecule has 1 aromatic carbocycles. The molecule has 0 bridgehead atoms. The van der Waals surface area contributed by atoms with Crippen molar-refractivity contribution in [2.75, 3.05) is 21.3 Å². The van der Waals surface area contributed by atoms with Crippen LogP contribution >= 0.6 is 11.6 Å². The minimum absolute atomic E-state index is 0.454. The Morgan fingerprint density at radius 2 is 1.93 bits per heavy atom. The molecular weight excluding hydrogens is 218 g/mol. The van der Waals surface area contributed by atoms with E-state index >= 15 is 0 Å². The maximum absolute atomic E-state index is 6.04. The molecule has 0 unspecified atom stereocenters. The van der Waals surface area contributed by atoms with Crippen molar-refractivity contribution in [1.82, 2.24) is 5.48 Å². The van der Waals surface area contributed by atoms with E-state index in [1.807, 2.05) is 0 Å². The summed E-state index contributed by atoms with van der Waals surface area (Å²) in [6.45, 7) is 0.454. The minimum Gasteiger partial charge on any atom is -0.493 e. The molecule has 15 heavy (non-hydrogen) atoms. The van der Waals surface area contributed by atoms with E-state index in [4.69, 9.17) is 25.9 Å². The minimum atomic E-state index is 0.454. The monoisotopic (exact) mass is 231 g/mol. The van der Waals surface area contributed by atoms with Crippen molar-refractivity contribution < 1.29 is 14.3 Å². The maximum atomic E-state index is 6.04. The van der Waals surface area contributed by atoms with Crippen LogP contribution in [0.4, 0.5) is 0 Å². The van der Waals surface area contributed by atoms with E-state index in [2.05, 4.69) is 5.48 Å². The predicted molar refractivity (Wildman–Crippen MR) is 58.4 cm³/mol. The number of benzene rings is 1. The first-order valence-electron chi connectivity index (χ1n) is 4.39. The third-order valence-electron chi connectivity index (χ3n) is 1.98. The zero-order valence-corrected chi connectivity index (χ0v) is 9.72. The Morgan fingerprint density at radius 1 is 1.20 bits per heavy atom. The molecule has 0 aliphatic carbocycles. The lowest BCUT2D eigenvalue weighted by Crippen LogP contribution is -2.12. The van der Waals surface area contributed by atoms with E-state index in [0.29, 0.717) is 23.1 Å². The standard InChI is InChI=1S/C10H14ClNO3/c1-13-9-5-4-8(11)7(6-12-15-3)10(9)14-2/h4-5,12H,6H2,1-3H3. The molecule has 0 saturated heterocycles. The number of hydroxylamine groups is 1. The number of rotatable bonds is 5. The normalized spacial score (nSPS) is 10.1. The van der Waals surface area contributed by atoms with Crippen molar-refractivity contribution in [3.8, 4) is 11.5 Å². The largest absolute Gasteiger partial charge is 0.493 e. The highest BCUT2D eigenvalue weighted by Gasteiger charge is 2.13. The van der Waals surface area contributed by atoms with Gasteiger partial charge in [0, 0.05) is 10.6 Å². The first-order valence-corrected chi connectivity index (χ1v) is 4.77. The molecule has 4 nitrogen and oxygen atoms in total. The Hall–Kier alpha value is -0.970. The van der Waals surface area contributed by atoms with E-state index < -0.39 is 0 Å². The Balaban J connectivity index is 3.07. The van der Waals surface area contributed by atoms with E-state index in [0.717, 1.165) is 5.56 Å². The van der Waals surface area contributed by atoms with Gasteiger partial charge in [0.2, 0.25) is 0 Å².